The highest BCUT2D eigenvalue weighted by Crippen LogP contribution is 2.30. The van der Waals surface area contributed by atoms with Gasteiger partial charge in [-0.05, 0) is 23.3 Å². The summed E-state index contributed by atoms with van der Waals surface area (Å²) in [5.41, 5.74) is 2.69. The molecule has 1 aliphatic heterocycles. The largest absolute Gasteiger partial charge is 0.394 e. The second kappa shape index (κ2) is 8.42. The van der Waals surface area contributed by atoms with Gasteiger partial charge in [-0.2, -0.15) is 4.98 Å². The van der Waals surface area contributed by atoms with E-state index in [1.54, 1.807) is 4.57 Å². The number of ether oxygens (including phenoxy) is 1. The van der Waals surface area contributed by atoms with Crippen molar-refractivity contribution in [2.24, 2.45) is 10.2 Å². The van der Waals surface area contributed by atoms with Gasteiger partial charge in [-0.15, -0.1) is 10.2 Å². The lowest BCUT2D eigenvalue weighted by Crippen LogP contribution is -2.24. The lowest BCUT2D eigenvalue weighted by atomic mass is 10.1. The second-order valence-electron chi connectivity index (χ2n) is 7.44. The average Bonchev–Trinajstić information content (AvgIpc) is 3.42. The summed E-state index contributed by atoms with van der Waals surface area (Å²) in [5.74, 6) is 0.0219. The van der Waals surface area contributed by atoms with Gasteiger partial charge in [0.25, 0.3) is 11.5 Å². The molecule has 0 saturated carbocycles. The van der Waals surface area contributed by atoms with Crippen molar-refractivity contribution < 1.29 is 14.9 Å². The van der Waals surface area contributed by atoms with Gasteiger partial charge in [0.2, 0.25) is 0 Å². The van der Waals surface area contributed by atoms with E-state index in [2.05, 4.69) is 25.2 Å². The summed E-state index contributed by atoms with van der Waals surface area (Å²) in [6.45, 7) is -0.305. The van der Waals surface area contributed by atoms with Crippen LogP contribution in [0.25, 0.3) is 22.3 Å². The minimum absolute atomic E-state index is 0.0219. The molecule has 1 aliphatic rings. The van der Waals surface area contributed by atoms with E-state index in [1.165, 1.54) is 6.33 Å². The van der Waals surface area contributed by atoms with Gasteiger partial charge < -0.3 is 14.9 Å². The normalized spacial score (nSPS) is 21.0. The lowest BCUT2D eigenvalue weighted by molar-refractivity contribution is -0.0432. The third kappa shape index (κ3) is 3.82. The second-order valence-corrected chi connectivity index (χ2v) is 7.44. The first-order chi connectivity index (χ1) is 15.6. The molecule has 10 nitrogen and oxygen atoms in total. The lowest BCUT2D eigenvalue weighted by Gasteiger charge is -2.13. The number of hydrogen-bond donors (Lipinski definition) is 3. The molecule has 5 rings (SSSR count). The maximum atomic E-state index is 12.4. The zero-order valence-corrected chi connectivity index (χ0v) is 16.9. The zero-order chi connectivity index (χ0) is 22.1. The van der Waals surface area contributed by atoms with Crippen LogP contribution in [0.3, 0.4) is 0 Å². The fourth-order valence-corrected chi connectivity index (χ4v) is 3.68. The molecule has 0 amide bonds. The molecule has 1 saturated heterocycles. The van der Waals surface area contributed by atoms with Gasteiger partial charge >= 0.3 is 0 Å². The number of nitrogens with one attached hydrogen (secondary N) is 1. The van der Waals surface area contributed by atoms with Gasteiger partial charge in [-0.1, -0.05) is 42.5 Å². The topological polar surface area (TPSA) is 138 Å². The van der Waals surface area contributed by atoms with Crippen LogP contribution in [0.2, 0.25) is 0 Å². The Morgan fingerprint density at radius 1 is 1.09 bits per heavy atom. The molecule has 0 aliphatic carbocycles. The molecular formula is C22H20N6O4. The van der Waals surface area contributed by atoms with E-state index in [4.69, 9.17) is 4.74 Å². The van der Waals surface area contributed by atoms with Crippen LogP contribution in [0, 0.1) is 0 Å². The van der Waals surface area contributed by atoms with Crippen molar-refractivity contribution >= 4 is 22.8 Å². The van der Waals surface area contributed by atoms with E-state index in [1.807, 2.05) is 54.6 Å². The van der Waals surface area contributed by atoms with Gasteiger partial charge in [0.1, 0.15) is 12.3 Å². The highest BCUT2D eigenvalue weighted by Gasteiger charge is 2.35. The van der Waals surface area contributed by atoms with E-state index in [0.717, 1.165) is 11.1 Å². The minimum Gasteiger partial charge on any atom is -0.394 e. The van der Waals surface area contributed by atoms with E-state index in [0.29, 0.717) is 5.69 Å². The molecule has 1 fully saturated rings. The van der Waals surface area contributed by atoms with Crippen molar-refractivity contribution in [3.8, 4) is 11.1 Å². The van der Waals surface area contributed by atoms with Crippen molar-refractivity contribution in [3.63, 3.8) is 0 Å². The quantitative estimate of drug-likeness (QED) is 0.415. The number of fused-ring (bicyclic) bond motifs is 1. The number of aliphatic hydroxyl groups is 2. The standard InChI is InChI=1S/C22H20N6O4/c29-11-17-16(30)10-18(32-17)28-12-23-19-20(28)24-22(25-21(19)31)27-26-15-8-6-14(7-9-15)13-4-2-1-3-5-13/h1-9,12,16-18,29-30H,10-11H2,(H,24,25,31)/t16-,17+,18+/m0/s1. The Hall–Kier alpha value is -3.73. The van der Waals surface area contributed by atoms with Gasteiger partial charge in [0.05, 0.1) is 24.7 Å². The van der Waals surface area contributed by atoms with Crippen molar-refractivity contribution in [2.75, 3.05) is 6.61 Å². The van der Waals surface area contributed by atoms with Crippen LogP contribution >= 0.6 is 0 Å². The van der Waals surface area contributed by atoms with Crippen LogP contribution < -0.4 is 5.56 Å². The number of rotatable bonds is 5. The van der Waals surface area contributed by atoms with E-state index >= 15 is 0 Å². The summed E-state index contributed by atoms with van der Waals surface area (Å²) in [6, 6.07) is 17.5. The number of imidazole rings is 1. The Balaban J connectivity index is 1.41. The fraction of sp³-hybridized carbons (Fsp3) is 0.227. The summed E-state index contributed by atoms with van der Waals surface area (Å²) < 4.78 is 7.20. The molecule has 3 atom stereocenters. The maximum Gasteiger partial charge on any atom is 0.280 e. The van der Waals surface area contributed by atoms with E-state index < -0.39 is 24.0 Å². The van der Waals surface area contributed by atoms with Crippen LogP contribution in [0.5, 0.6) is 0 Å². The molecule has 3 heterocycles. The number of H-pyrrole nitrogens is 1. The number of nitrogens with zero attached hydrogens (tertiary/aromatic N) is 5. The Bertz CT molecular complexity index is 1320. The summed E-state index contributed by atoms with van der Waals surface area (Å²) in [6.07, 6.45) is -0.444. The first-order valence-electron chi connectivity index (χ1n) is 10.1. The summed E-state index contributed by atoms with van der Waals surface area (Å²) in [4.78, 5) is 23.4. The van der Waals surface area contributed by atoms with Gasteiger partial charge in [-0.3, -0.25) is 14.3 Å². The Kier molecular flexibility index (Phi) is 5.31. The van der Waals surface area contributed by atoms with E-state index in [9.17, 15) is 15.0 Å². The Morgan fingerprint density at radius 2 is 1.84 bits per heavy atom. The number of aromatic nitrogens is 4. The SMILES string of the molecule is O=c1[nH]c(N=Nc2ccc(-c3ccccc3)cc2)nc2c1ncn2[C@H]1C[C@H](O)[C@@H](CO)O1. The molecular weight excluding hydrogens is 412 g/mol. The van der Waals surface area contributed by atoms with Crippen molar-refractivity contribution in [3.05, 3.63) is 71.3 Å². The minimum atomic E-state index is -0.817. The average molecular weight is 432 g/mol. The number of azo groups is 1. The van der Waals surface area contributed by atoms with Gasteiger partial charge in [0, 0.05) is 6.42 Å². The molecule has 4 aromatic rings. The molecule has 0 spiro atoms. The molecule has 32 heavy (non-hydrogen) atoms. The summed E-state index contributed by atoms with van der Waals surface area (Å²) >= 11 is 0. The molecule has 0 bridgehead atoms. The van der Waals surface area contributed by atoms with Crippen LogP contribution in [0.4, 0.5) is 11.6 Å². The number of aromatic amines is 1. The van der Waals surface area contributed by atoms with Crippen molar-refractivity contribution in [1.82, 2.24) is 19.5 Å². The predicted molar refractivity (Wildman–Crippen MR) is 116 cm³/mol. The van der Waals surface area contributed by atoms with Crippen molar-refractivity contribution in [2.45, 2.75) is 24.9 Å². The molecule has 3 N–H and O–H groups in total. The number of benzene rings is 2. The zero-order valence-electron chi connectivity index (χ0n) is 16.9. The third-order valence-electron chi connectivity index (χ3n) is 5.35. The smallest absolute Gasteiger partial charge is 0.280 e. The number of aliphatic hydroxyl groups excluding tert-OH is 2. The fourth-order valence-electron chi connectivity index (χ4n) is 3.68. The van der Waals surface area contributed by atoms with Crippen LogP contribution in [0.1, 0.15) is 12.6 Å². The highest BCUT2D eigenvalue weighted by molar-refractivity contribution is 5.70. The monoisotopic (exact) mass is 432 g/mol. The first-order valence-corrected chi connectivity index (χ1v) is 10.1. The van der Waals surface area contributed by atoms with Crippen molar-refractivity contribution in [1.29, 1.82) is 0 Å². The highest BCUT2D eigenvalue weighted by atomic mass is 16.5. The Labute approximate surface area is 181 Å². The van der Waals surface area contributed by atoms with Gasteiger partial charge in [0.15, 0.2) is 11.2 Å². The third-order valence-corrected chi connectivity index (χ3v) is 5.35. The Morgan fingerprint density at radius 3 is 2.56 bits per heavy atom. The molecule has 10 heteroatoms. The molecule has 2 aromatic carbocycles. The van der Waals surface area contributed by atoms with Crippen LogP contribution in [0.15, 0.2) is 75.9 Å². The van der Waals surface area contributed by atoms with E-state index in [-0.39, 0.29) is 30.1 Å². The van der Waals surface area contributed by atoms with Crippen LogP contribution in [-0.2, 0) is 4.74 Å². The maximum absolute atomic E-state index is 12.4. The number of hydrogen-bond acceptors (Lipinski definition) is 8. The molecule has 0 unspecified atom stereocenters. The van der Waals surface area contributed by atoms with Gasteiger partial charge in [-0.25, -0.2) is 4.98 Å². The summed E-state index contributed by atoms with van der Waals surface area (Å²) in [7, 11) is 0. The first kappa shape index (κ1) is 20.2. The molecule has 2 aromatic heterocycles. The summed E-state index contributed by atoms with van der Waals surface area (Å²) in [5, 5.41) is 27.5. The predicted octanol–water partition coefficient (Wildman–Crippen LogP) is 2.84. The molecule has 0 radical (unpaired) electrons. The molecule has 162 valence electrons. The van der Waals surface area contributed by atoms with Crippen LogP contribution in [-0.4, -0.2) is 48.5 Å².